The minimum atomic E-state index is -0.880. The molecule has 0 amide bonds. The van der Waals surface area contributed by atoms with Crippen molar-refractivity contribution < 1.29 is 9.90 Å². The van der Waals surface area contributed by atoms with Crippen LogP contribution in [0.1, 0.15) is 23.6 Å². The Morgan fingerprint density at radius 1 is 1.64 bits per heavy atom. The SMILES string of the molecule is Cc1ccc(C(N)CC(=O)O)cc1Br. The van der Waals surface area contributed by atoms with E-state index < -0.39 is 12.0 Å². The van der Waals surface area contributed by atoms with Crippen LogP contribution >= 0.6 is 15.9 Å². The van der Waals surface area contributed by atoms with Crippen molar-refractivity contribution in [2.75, 3.05) is 0 Å². The number of nitrogens with two attached hydrogens (primary N) is 1. The molecule has 1 aromatic rings. The quantitative estimate of drug-likeness (QED) is 0.873. The average Bonchev–Trinajstić information content (AvgIpc) is 2.08. The lowest BCUT2D eigenvalue weighted by Gasteiger charge is -2.10. The number of rotatable bonds is 3. The van der Waals surface area contributed by atoms with E-state index in [1.165, 1.54) is 0 Å². The van der Waals surface area contributed by atoms with Crippen molar-refractivity contribution in [2.24, 2.45) is 5.73 Å². The number of carbonyl (C=O) groups is 1. The first-order chi connectivity index (χ1) is 6.50. The van der Waals surface area contributed by atoms with Gasteiger partial charge in [0.2, 0.25) is 0 Å². The van der Waals surface area contributed by atoms with E-state index in [2.05, 4.69) is 15.9 Å². The molecule has 1 unspecified atom stereocenters. The van der Waals surface area contributed by atoms with Gasteiger partial charge in [-0.05, 0) is 24.1 Å². The van der Waals surface area contributed by atoms with Crippen molar-refractivity contribution >= 4 is 21.9 Å². The summed E-state index contributed by atoms with van der Waals surface area (Å²) in [6.45, 7) is 1.97. The van der Waals surface area contributed by atoms with E-state index in [1.807, 2.05) is 25.1 Å². The zero-order valence-electron chi connectivity index (χ0n) is 7.83. The summed E-state index contributed by atoms with van der Waals surface area (Å²) in [6.07, 6.45) is -0.0461. The standard InChI is InChI=1S/C10H12BrNO2/c1-6-2-3-7(4-8(6)11)9(12)5-10(13)14/h2-4,9H,5,12H2,1H3,(H,13,14). The molecule has 76 valence electrons. The van der Waals surface area contributed by atoms with Gasteiger partial charge in [-0.25, -0.2) is 0 Å². The number of halogens is 1. The van der Waals surface area contributed by atoms with Crippen molar-refractivity contribution in [1.82, 2.24) is 0 Å². The maximum absolute atomic E-state index is 10.4. The molecule has 1 rings (SSSR count). The monoisotopic (exact) mass is 257 g/mol. The Morgan fingerprint density at radius 3 is 2.79 bits per heavy atom. The van der Waals surface area contributed by atoms with Gasteiger partial charge in [-0.2, -0.15) is 0 Å². The smallest absolute Gasteiger partial charge is 0.305 e. The zero-order valence-corrected chi connectivity index (χ0v) is 9.41. The highest BCUT2D eigenvalue weighted by Crippen LogP contribution is 2.22. The third-order valence-electron chi connectivity index (χ3n) is 2.02. The molecule has 0 saturated heterocycles. The van der Waals surface area contributed by atoms with Gasteiger partial charge in [-0.1, -0.05) is 28.1 Å². The minimum Gasteiger partial charge on any atom is -0.481 e. The van der Waals surface area contributed by atoms with Crippen molar-refractivity contribution in [3.05, 3.63) is 33.8 Å². The summed E-state index contributed by atoms with van der Waals surface area (Å²) in [5.74, 6) is -0.880. The highest BCUT2D eigenvalue weighted by atomic mass is 79.9. The molecule has 14 heavy (non-hydrogen) atoms. The van der Waals surface area contributed by atoms with Crippen LogP contribution in [0, 0.1) is 6.92 Å². The Labute approximate surface area is 91.1 Å². The molecule has 1 aromatic carbocycles. The topological polar surface area (TPSA) is 63.3 Å². The maximum Gasteiger partial charge on any atom is 0.305 e. The van der Waals surface area contributed by atoms with E-state index in [-0.39, 0.29) is 6.42 Å². The molecule has 0 radical (unpaired) electrons. The maximum atomic E-state index is 10.4. The predicted molar refractivity (Wildman–Crippen MR) is 58.1 cm³/mol. The fourth-order valence-electron chi connectivity index (χ4n) is 1.15. The van der Waals surface area contributed by atoms with Crippen LogP contribution in [0.5, 0.6) is 0 Å². The lowest BCUT2D eigenvalue weighted by Crippen LogP contribution is -2.14. The third kappa shape index (κ3) is 2.82. The van der Waals surface area contributed by atoms with Gasteiger partial charge in [0.1, 0.15) is 0 Å². The second-order valence-corrected chi connectivity index (χ2v) is 4.07. The van der Waals surface area contributed by atoms with Crippen LogP contribution in [0.4, 0.5) is 0 Å². The first-order valence-corrected chi connectivity index (χ1v) is 5.03. The summed E-state index contributed by atoms with van der Waals surface area (Å²) in [5, 5.41) is 8.58. The van der Waals surface area contributed by atoms with Gasteiger partial charge in [-0.3, -0.25) is 4.79 Å². The van der Waals surface area contributed by atoms with E-state index in [0.717, 1.165) is 15.6 Å². The summed E-state index contributed by atoms with van der Waals surface area (Å²) < 4.78 is 0.954. The Morgan fingerprint density at radius 2 is 2.29 bits per heavy atom. The number of aryl methyl sites for hydroxylation is 1. The van der Waals surface area contributed by atoms with Gasteiger partial charge in [0.25, 0.3) is 0 Å². The summed E-state index contributed by atoms with van der Waals surface area (Å²) >= 11 is 3.38. The van der Waals surface area contributed by atoms with E-state index >= 15 is 0 Å². The molecule has 0 bridgehead atoms. The number of carboxylic acids is 1. The van der Waals surface area contributed by atoms with Gasteiger partial charge in [0, 0.05) is 10.5 Å². The van der Waals surface area contributed by atoms with Gasteiger partial charge in [-0.15, -0.1) is 0 Å². The van der Waals surface area contributed by atoms with E-state index in [9.17, 15) is 4.79 Å². The Bertz CT molecular complexity index is 352. The van der Waals surface area contributed by atoms with E-state index in [4.69, 9.17) is 10.8 Å². The number of aliphatic carboxylic acids is 1. The van der Waals surface area contributed by atoms with Crippen molar-refractivity contribution in [1.29, 1.82) is 0 Å². The molecule has 0 aliphatic rings. The Kier molecular flexibility index (Phi) is 3.66. The second kappa shape index (κ2) is 4.57. The fourth-order valence-corrected chi connectivity index (χ4v) is 1.54. The first kappa shape index (κ1) is 11.2. The van der Waals surface area contributed by atoms with Crippen LogP contribution in [0.2, 0.25) is 0 Å². The number of carboxylic acid groups (broad SMARTS) is 1. The minimum absolute atomic E-state index is 0.0461. The first-order valence-electron chi connectivity index (χ1n) is 4.24. The third-order valence-corrected chi connectivity index (χ3v) is 2.87. The van der Waals surface area contributed by atoms with Crippen LogP contribution in [-0.4, -0.2) is 11.1 Å². The fraction of sp³-hybridized carbons (Fsp3) is 0.300. The van der Waals surface area contributed by atoms with Crippen molar-refractivity contribution in [3.8, 4) is 0 Å². The molecule has 3 N–H and O–H groups in total. The van der Waals surface area contributed by atoms with Gasteiger partial charge in [0.15, 0.2) is 0 Å². The zero-order chi connectivity index (χ0) is 10.7. The molecular formula is C10H12BrNO2. The van der Waals surface area contributed by atoms with Gasteiger partial charge >= 0.3 is 5.97 Å². The molecule has 0 saturated carbocycles. The normalized spacial score (nSPS) is 12.5. The lowest BCUT2D eigenvalue weighted by molar-refractivity contribution is -0.137. The van der Waals surface area contributed by atoms with E-state index in [1.54, 1.807) is 0 Å². The number of hydrogen-bond donors (Lipinski definition) is 2. The molecule has 0 heterocycles. The summed E-state index contributed by atoms with van der Waals surface area (Å²) in [7, 11) is 0. The average molecular weight is 258 g/mol. The molecule has 0 aliphatic heterocycles. The van der Waals surface area contributed by atoms with Crippen molar-refractivity contribution in [2.45, 2.75) is 19.4 Å². The summed E-state index contributed by atoms with van der Waals surface area (Å²) in [4.78, 5) is 10.4. The van der Waals surface area contributed by atoms with Crippen LogP contribution < -0.4 is 5.73 Å². The Hall–Kier alpha value is -0.870. The van der Waals surface area contributed by atoms with Crippen LogP contribution in [0.3, 0.4) is 0 Å². The highest BCUT2D eigenvalue weighted by molar-refractivity contribution is 9.10. The van der Waals surface area contributed by atoms with Crippen LogP contribution in [-0.2, 0) is 4.79 Å². The van der Waals surface area contributed by atoms with Crippen molar-refractivity contribution in [3.63, 3.8) is 0 Å². The molecule has 0 aliphatic carbocycles. The molecular weight excluding hydrogens is 246 g/mol. The van der Waals surface area contributed by atoms with Gasteiger partial charge < -0.3 is 10.8 Å². The lowest BCUT2D eigenvalue weighted by atomic mass is 10.0. The Balaban J connectivity index is 2.85. The summed E-state index contributed by atoms with van der Waals surface area (Å²) in [6, 6.07) is 5.20. The number of hydrogen-bond acceptors (Lipinski definition) is 2. The highest BCUT2D eigenvalue weighted by Gasteiger charge is 2.10. The molecule has 4 heteroatoms. The van der Waals surface area contributed by atoms with Crippen LogP contribution in [0.25, 0.3) is 0 Å². The van der Waals surface area contributed by atoms with Gasteiger partial charge in [0.05, 0.1) is 6.42 Å². The van der Waals surface area contributed by atoms with Crippen LogP contribution in [0.15, 0.2) is 22.7 Å². The largest absolute Gasteiger partial charge is 0.481 e. The van der Waals surface area contributed by atoms with E-state index in [0.29, 0.717) is 0 Å². The molecule has 1 atom stereocenters. The predicted octanol–water partition coefficient (Wildman–Crippen LogP) is 2.23. The summed E-state index contributed by atoms with van der Waals surface area (Å²) in [5.41, 5.74) is 7.66. The molecule has 0 aromatic heterocycles. The molecule has 0 fully saturated rings. The number of benzene rings is 1. The molecule has 3 nitrogen and oxygen atoms in total. The second-order valence-electron chi connectivity index (χ2n) is 3.21. The molecule has 0 spiro atoms.